The Hall–Kier alpha value is -2.15. The maximum atomic E-state index is 13.6. The van der Waals surface area contributed by atoms with Gasteiger partial charge in [0.15, 0.2) is 0 Å². The van der Waals surface area contributed by atoms with Gasteiger partial charge in [0.05, 0.1) is 17.1 Å². The summed E-state index contributed by atoms with van der Waals surface area (Å²) in [5.74, 6) is 1.09. The summed E-state index contributed by atoms with van der Waals surface area (Å²) >= 11 is 6.97. The highest BCUT2D eigenvalue weighted by Crippen LogP contribution is 2.37. The van der Waals surface area contributed by atoms with Crippen molar-refractivity contribution in [1.29, 1.82) is 5.26 Å². The Bertz CT molecular complexity index is 1160. The number of amides is 1. The number of rotatable bonds is 11. The van der Waals surface area contributed by atoms with Crippen LogP contribution in [0.25, 0.3) is 6.08 Å². The second kappa shape index (κ2) is 13.8. The molecular formula is C29H42N4O3S2. The number of nitriles is 1. The van der Waals surface area contributed by atoms with Gasteiger partial charge >= 0.3 is 0 Å². The van der Waals surface area contributed by atoms with Crippen molar-refractivity contribution in [3.05, 3.63) is 31.9 Å². The van der Waals surface area contributed by atoms with E-state index < -0.39 is 0 Å². The third-order valence-corrected chi connectivity index (χ3v) is 8.81. The van der Waals surface area contributed by atoms with Gasteiger partial charge in [-0.15, -0.1) is 0 Å². The molecule has 208 valence electrons. The molecule has 0 radical (unpaired) electrons. The first-order chi connectivity index (χ1) is 18.2. The molecule has 9 heteroatoms. The van der Waals surface area contributed by atoms with E-state index in [9.17, 15) is 14.9 Å². The van der Waals surface area contributed by atoms with Crippen LogP contribution in [-0.2, 0) is 16.1 Å². The molecule has 3 atom stereocenters. The first-order valence-corrected chi connectivity index (χ1v) is 15.2. The normalized spacial score (nSPS) is 21.9. The lowest BCUT2D eigenvalue weighted by Crippen LogP contribution is -2.48. The number of morpholine rings is 1. The molecule has 3 heterocycles. The van der Waals surface area contributed by atoms with E-state index >= 15 is 0 Å². The molecule has 1 amide bonds. The molecule has 7 nitrogen and oxygen atoms in total. The average Bonchev–Trinajstić information content (AvgIpc) is 3.13. The molecule has 38 heavy (non-hydrogen) atoms. The number of carbonyl (C=O) groups excluding carboxylic acids is 1. The van der Waals surface area contributed by atoms with Gasteiger partial charge < -0.3 is 9.64 Å². The van der Waals surface area contributed by atoms with Crippen molar-refractivity contribution in [3.8, 4) is 6.07 Å². The molecule has 0 aromatic carbocycles. The largest absolute Gasteiger partial charge is 0.372 e. The number of ether oxygens (including phenoxy) is 1. The van der Waals surface area contributed by atoms with Crippen molar-refractivity contribution in [3.63, 3.8) is 0 Å². The summed E-state index contributed by atoms with van der Waals surface area (Å²) in [5.41, 5.74) is 1.21. The highest BCUT2D eigenvalue weighted by atomic mass is 32.2. The lowest BCUT2D eigenvalue weighted by Gasteiger charge is -2.39. The molecular weight excluding hydrogens is 516 g/mol. The predicted octanol–water partition coefficient (Wildman–Crippen LogP) is 5.86. The van der Waals surface area contributed by atoms with Crippen molar-refractivity contribution in [2.75, 3.05) is 24.5 Å². The molecule has 0 spiro atoms. The molecule has 0 N–H and O–H groups in total. The zero-order valence-electron chi connectivity index (χ0n) is 23.7. The van der Waals surface area contributed by atoms with Crippen LogP contribution in [0.2, 0.25) is 0 Å². The van der Waals surface area contributed by atoms with Gasteiger partial charge in [0.1, 0.15) is 21.8 Å². The third kappa shape index (κ3) is 6.70. The monoisotopic (exact) mass is 558 g/mol. The maximum Gasteiger partial charge on any atom is 0.270 e. The number of thioether (sulfide) groups is 1. The van der Waals surface area contributed by atoms with Gasteiger partial charge in [-0.1, -0.05) is 70.4 Å². The molecule has 2 saturated heterocycles. The molecule has 2 aliphatic heterocycles. The first-order valence-electron chi connectivity index (χ1n) is 14.0. The summed E-state index contributed by atoms with van der Waals surface area (Å²) in [6.45, 7) is 14.7. The van der Waals surface area contributed by atoms with Crippen molar-refractivity contribution in [2.45, 2.75) is 98.8 Å². The zero-order valence-corrected chi connectivity index (χ0v) is 25.3. The van der Waals surface area contributed by atoms with Gasteiger partial charge in [0.2, 0.25) is 0 Å². The van der Waals surface area contributed by atoms with E-state index in [4.69, 9.17) is 17.0 Å². The van der Waals surface area contributed by atoms with E-state index in [2.05, 4.69) is 31.7 Å². The maximum absolute atomic E-state index is 13.6. The average molecular weight is 559 g/mol. The molecule has 1 aromatic rings. The third-order valence-electron chi connectivity index (χ3n) is 7.43. The summed E-state index contributed by atoms with van der Waals surface area (Å²) in [7, 11) is 0. The van der Waals surface area contributed by atoms with Crippen LogP contribution in [0.1, 0.15) is 89.8 Å². The zero-order chi connectivity index (χ0) is 28.0. The molecule has 0 saturated carbocycles. The minimum absolute atomic E-state index is 0.00964. The van der Waals surface area contributed by atoms with Gasteiger partial charge in [-0.2, -0.15) is 5.26 Å². The Balaban J connectivity index is 2.13. The number of hydrogen-bond acceptors (Lipinski definition) is 7. The quantitative estimate of drug-likeness (QED) is 0.249. The van der Waals surface area contributed by atoms with E-state index in [1.165, 1.54) is 11.8 Å². The fraction of sp³-hybridized carbons (Fsp3) is 0.655. The first kappa shape index (κ1) is 30.4. The van der Waals surface area contributed by atoms with Crippen molar-refractivity contribution in [2.24, 2.45) is 5.92 Å². The number of anilines is 1. The summed E-state index contributed by atoms with van der Waals surface area (Å²) < 4.78 is 8.29. The number of carbonyl (C=O) groups is 1. The van der Waals surface area contributed by atoms with E-state index in [0.717, 1.165) is 49.9 Å². The molecule has 3 rings (SSSR count). The highest BCUT2D eigenvalue weighted by Gasteiger charge is 2.35. The minimum Gasteiger partial charge on any atom is -0.372 e. The second-order valence-corrected chi connectivity index (χ2v) is 12.2. The highest BCUT2D eigenvalue weighted by molar-refractivity contribution is 8.26. The Kier molecular flexibility index (Phi) is 11.0. The van der Waals surface area contributed by atoms with Crippen LogP contribution in [-0.4, -0.2) is 51.5 Å². The van der Waals surface area contributed by atoms with Crippen LogP contribution in [0.4, 0.5) is 5.82 Å². The molecule has 0 bridgehead atoms. The van der Waals surface area contributed by atoms with Crippen molar-refractivity contribution in [1.82, 2.24) is 9.47 Å². The summed E-state index contributed by atoms with van der Waals surface area (Å²) in [6, 6.07) is 2.14. The van der Waals surface area contributed by atoms with E-state index in [-0.39, 0.29) is 29.2 Å². The lowest BCUT2D eigenvalue weighted by molar-refractivity contribution is -0.122. The van der Waals surface area contributed by atoms with Crippen LogP contribution in [0.15, 0.2) is 9.70 Å². The fourth-order valence-electron chi connectivity index (χ4n) is 5.32. The number of hydrogen-bond donors (Lipinski definition) is 0. The van der Waals surface area contributed by atoms with Crippen LogP contribution in [0, 0.1) is 24.2 Å². The summed E-state index contributed by atoms with van der Waals surface area (Å²) in [4.78, 5) is 31.6. The minimum atomic E-state index is -0.272. The van der Waals surface area contributed by atoms with Gasteiger partial charge in [-0.25, -0.2) is 0 Å². The van der Waals surface area contributed by atoms with Gasteiger partial charge in [0.25, 0.3) is 11.5 Å². The molecule has 0 aliphatic carbocycles. The van der Waals surface area contributed by atoms with Crippen LogP contribution >= 0.6 is 24.0 Å². The second-order valence-electron chi connectivity index (χ2n) is 10.5. The van der Waals surface area contributed by atoms with Crippen molar-refractivity contribution >= 4 is 46.1 Å². The Morgan fingerprint density at radius 2 is 1.82 bits per heavy atom. The molecule has 2 aliphatic rings. The SMILES string of the molecule is CCCCC(CC)CN1C(=O)C(=Cc2c(C)c(C#N)c(=O)n(CCCC)c2N2CC(C)OC(C)C2)SC1=S. The molecule has 2 fully saturated rings. The van der Waals surface area contributed by atoms with Crippen LogP contribution in [0.3, 0.4) is 0 Å². The van der Waals surface area contributed by atoms with E-state index in [0.29, 0.717) is 46.9 Å². The number of thiocarbonyl (C=S) groups is 1. The number of pyridine rings is 1. The number of aromatic nitrogens is 1. The lowest BCUT2D eigenvalue weighted by atomic mass is 9.99. The van der Waals surface area contributed by atoms with Gasteiger partial charge in [0, 0.05) is 31.7 Å². The smallest absolute Gasteiger partial charge is 0.270 e. The standard InChI is InChI=1S/C29H42N4O3S2/c1-7-10-12-22(9-3)18-33-28(35)25(38-29(33)37)14-23-21(6)24(15-30)27(34)32(13-11-8-2)26(23)31-16-19(4)36-20(5)17-31/h14,19-20,22H,7-13,16-18H2,1-6H3. The number of unbranched alkanes of at least 4 members (excludes halogenated alkanes) is 2. The predicted molar refractivity (Wildman–Crippen MR) is 160 cm³/mol. The Morgan fingerprint density at radius 1 is 1.16 bits per heavy atom. The summed E-state index contributed by atoms with van der Waals surface area (Å²) in [6.07, 6.45) is 7.92. The van der Waals surface area contributed by atoms with Gasteiger partial charge in [-0.05, 0) is 51.2 Å². The van der Waals surface area contributed by atoms with Crippen LogP contribution < -0.4 is 10.5 Å². The Labute approximate surface area is 237 Å². The Morgan fingerprint density at radius 3 is 2.39 bits per heavy atom. The molecule has 3 unspecified atom stereocenters. The van der Waals surface area contributed by atoms with Crippen LogP contribution in [0.5, 0.6) is 0 Å². The van der Waals surface area contributed by atoms with E-state index in [1.54, 1.807) is 9.47 Å². The summed E-state index contributed by atoms with van der Waals surface area (Å²) in [5, 5.41) is 9.93. The number of nitrogens with zero attached hydrogens (tertiary/aromatic N) is 4. The van der Waals surface area contributed by atoms with Crippen molar-refractivity contribution < 1.29 is 9.53 Å². The fourth-order valence-corrected chi connectivity index (χ4v) is 6.58. The molecule has 1 aromatic heterocycles. The van der Waals surface area contributed by atoms with E-state index in [1.807, 2.05) is 26.8 Å². The topological polar surface area (TPSA) is 78.6 Å². The van der Waals surface area contributed by atoms with Gasteiger partial charge in [-0.3, -0.25) is 19.1 Å².